The van der Waals surface area contributed by atoms with Crippen LogP contribution in [0, 0.1) is 12.8 Å². The molecule has 1 atom stereocenters. The molecule has 0 saturated carbocycles. The number of rotatable bonds is 2. The van der Waals surface area contributed by atoms with E-state index < -0.39 is 0 Å². The Bertz CT molecular complexity index is 553. The van der Waals surface area contributed by atoms with E-state index in [0.29, 0.717) is 0 Å². The van der Waals surface area contributed by atoms with Crippen LogP contribution in [0.1, 0.15) is 24.1 Å². The minimum absolute atomic E-state index is 0.780. The highest BCUT2D eigenvalue weighted by molar-refractivity contribution is 9.10. The van der Waals surface area contributed by atoms with Gasteiger partial charge in [0.2, 0.25) is 0 Å². The van der Waals surface area contributed by atoms with Gasteiger partial charge < -0.3 is 9.72 Å². The van der Waals surface area contributed by atoms with E-state index in [-0.39, 0.29) is 0 Å². The maximum absolute atomic E-state index is 3.73. The molecule has 1 aliphatic heterocycles. The van der Waals surface area contributed by atoms with Crippen molar-refractivity contribution in [2.24, 2.45) is 5.92 Å². The van der Waals surface area contributed by atoms with Gasteiger partial charge in [0.05, 0.1) is 5.52 Å². The molecule has 0 amide bonds. The second-order valence-corrected chi connectivity index (χ2v) is 6.05. The molecule has 2 nitrogen and oxygen atoms in total. The Morgan fingerprint density at radius 2 is 2.33 bits per heavy atom. The fourth-order valence-electron chi connectivity index (χ4n) is 2.98. The van der Waals surface area contributed by atoms with Gasteiger partial charge in [0.1, 0.15) is 0 Å². The molecular weight excluding hydrogens is 288 g/mol. The Hall–Kier alpha value is -0.800. The first-order chi connectivity index (χ1) is 8.77. The van der Waals surface area contributed by atoms with E-state index in [1.165, 1.54) is 47.1 Å². The first kappa shape index (κ1) is 12.2. The predicted octanol–water partition coefficient (Wildman–Crippen LogP) is 3.55. The van der Waals surface area contributed by atoms with Gasteiger partial charge in [-0.25, -0.2) is 0 Å². The Morgan fingerprint density at radius 1 is 1.44 bits per heavy atom. The molecule has 1 fully saturated rings. The molecule has 1 unspecified atom stereocenters. The molecule has 1 N–H and O–H groups in total. The van der Waals surface area contributed by atoms with Crippen LogP contribution in [0.3, 0.4) is 0 Å². The number of pyridine rings is 1. The Balaban J connectivity index is 1.97. The standard InChI is InChI=1S/C15H19BrN2/c1-11-14(9-12-5-4-7-17-10-12)18-8-3-2-6-13(18)15(11)16/h2-3,6,8,12,17H,4-5,7,9-10H2,1H3. The van der Waals surface area contributed by atoms with Crippen LogP contribution >= 0.6 is 15.9 Å². The molecule has 0 aromatic carbocycles. The highest BCUT2D eigenvalue weighted by atomic mass is 79.9. The molecule has 96 valence electrons. The topological polar surface area (TPSA) is 16.4 Å². The predicted molar refractivity (Wildman–Crippen MR) is 79.1 cm³/mol. The Morgan fingerprint density at radius 3 is 3.11 bits per heavy atom. The van der Waals surface area contributed by atoms with Gasteiger partial charge in [-0.3, -0.25) is 0 Å². The molecule has 0 aliphatic carbocycles. The summed E-state index contributed by atoms with van der Waals surface area (Å²) < 4.78 is 3.59. The van der Waals surface area contributed by atoms with Crippen LogP contribution in [-0.4, -0.2) is 17.5 Å². The minimum atomic E-state index is 0.780. The summed E-state index contributed by atoms with van der Waals surface area (Å²) in [6, 6.07) is 6.40. The molecule has 0 spiro atoms. The number of halogens is 1. The lowest BCUT2D eigenvalue weighted by atomic mass is 9.94. The molecule has 0 radical (unpaired) electrons. The monoisotopic (exact) mass is 306 g/mol. The molecular formula is C15H19BrN2. The molecule has 2 aromatic heterocycles. The van der Waals surface area contributed by atoms with Gasteiger partial charge in [-0.05, 0) is 78.8 Å². The van der Waals surface area contributed by atoms with Crippen LogP contribution in [-0.2, 0) is 6.42 Å². The van der Waals surface area contributed by atoms with E-state index in [0.717, 1.165) is 12.5 Å². The Labute approximate surface area is 117 Å². The van der Waals surface area contributed by atoms with Gasteiger partial charge in [0.15, 0.2) is 0 Å². The van der Waals surface area contributed by atoms with Crippen LogP contribution < -0.4 is 5.32 Å². The van der Waals surface area contributed by atoms with Crippen molar-refractivity contribution in [2.75, 3.05) is 13.1 Å². The highest BCUT2D eigenvalue weighted by Gasteiger charge is 2.18. The molecule has 3 rings (SSSR count). The van der Waals surface area contributed by atoms with Crippen molar-refractivity contribution in [1.82, 2.24) is 9.72 Å². The summed E-state index contributed by atoms with van der Waals surface area (Å²) in [5, 5.41) is 3.51. The fourth-order valence-corrected chi connectivity index (χ4v) is 3.53. The minimum Gasteiger partial charge on any atom is -0.319 e. The maximum Gasteiger partial charge on any atom is 0.0597 e. The third-order valence-electron chi connectivity index (χ3n) is 4.02. The fraction of sp³-hybridized carbons (Fsp3) is 0.467. The largest absolute Gasteiger partial charge is 0.319 e. The van der Waals surface area contributed by atoms with Crippen molar-refractivity contribution in [3.63, 3.8) is 0 Å². The molecule has 0 bridgehead atoms. The van der Waals surface area contributed by atoms with Crippen molar-refractivity contribution in [3.8, 4) is 0 Å². The molecule has 1 saturated heterocycles. The van der Waals surface area contributed by atoms with E-state index in [1.807, 2.05) is 0 Å². The average Bonchev–Trinajstić information content (AvgIpc) is 2.66. The van der Waals surface area contributed by atoms with E-state index in [9.17, 15) is 0 Å². The lowest BCUT2D eigenvalue weighted by Crippen LogP contribution is -2.31. The second-order valence-electron chi connectivity index (χ2n) is 5.26. The zero-order chi connectivity index (χ0) is 12.5. The highest BCUT2D eigenvalue weighted by Crippen LogP contribution is 2.30. The van der Waals surface area contributed by atoms with Crippen LogP contribution in [0.4, 0.5) is 0 Å². The summed E-state index contributed by atoms with van der Waals surface area (Å²) in [5.74, 6) is 0.780. The summed E-state index contributed by atoms with van der Waals surface area (Å²) in [4.78, 5) is 0. The normalized spacial score (nSPS) is 20.4. The molecule has 1 aliphatic rings. The van der Waals surface area contributed by atoms with E-state index in [1.54, 1.807) is 0 Å². The van der Waals surface area contributed by atoms with Crippen LogP contribution in [0.2, 0.25) is 0 Å². The van der Waals surface area contributed by atoms with Gasteiger partial charge >= 0.3 is 0 Å². The quantitative estimate of drug-likeness (QED) is 0.897. The summed E-state index contributed by atoms with van der Waals surface area (Å²) in [6.07, 6.45) is 6.02. The summed E-state index contributed by atoms with van der Waals surface area (Å²) in [5.41, 5.74) is 4.15. The van der Waals surface area contributed by atoms with E-state index in [4.69, 9.17) is 0 Å². The van der Waals surface area contributed by atoms with Gasteiger partial charge in [-0.2, -0.15) is 0 Å². The second kappa shape index (κ2) is 5.06. The summed E-state index contributed by atoms with van der Waals surface area (Å²) in [7, 11) is 0. The molecule has 2 aromatic rings. The van der Waals surface area contributed by atoms with Crippen molar-refractivity contribution >= 4 is 21.4 Å². The number of hydrogen-bond donors (Lipinski definition) is 1. The lowest BCUT2D eigenvalue weighted by Gasteiger charge is -2.23. The SMILES string of the molecule is Cc1c(Br)c2ccccn2c1CC1CCCNC1. The van der Waals surface area contributed by atoms with E-state index >= 15 is 0 Å². The lowest BCUT2D eigenvalue weighted by molar-refractivity contribution is 0.372. The van der Waals surface area contributed by atoms with E-state index in [2.05, 4.69) is 57.0 Å². The third-order valence-corrected chi connectivity index (χ3v) is 5.02. The molecule has 3 heterocycles. The number of piperidine rings is 1. The van der Waals surface area contributed by atoms with Gasteiger partial charge in [0.25, 0.3) is 0 Å². The van der Waals surface area contributed by atoms with Crippen LogP contribution in [0.5, 0.6) is 0 Å². The number of nitrogens with one attached hydrogen (secondary N) is 1. The number of nitrogens with zero attached hydrogens (tertiary/aromatic N) is 1. The molecule has 18 heavy (non-hydrogen) atoms. The number of fused-ring (bicyclic) bond motifs is 1. The third kappa shape index (κ3) is 2.10. The summed E-state index contributed by atoms with van der Waals surface area (Å²) in [6.45, 7) is 4.58. The van der Waals surface area contributed by atoms with Gasteiger partial charge in [-0.1, -0.05) is 6.07 Å². The number of aromatic nitrogens is 1. The zero-order valence-corrected chi connectivity index (χ0v) is 12.3. The first-order valence-electron chi connectivity index (χ1n) is 6.72. The van der Waals surface area contributed by atoms with Crippen molar-refractivity contribution in [3.05, 3.63) is 40.1 Å². The maximum atomic E-state index is 3.73. The Kier molecular flexibility index (Phi) is 3.44. The smallest absolute Gasteiger partial charge is 0.0597 e. The van der Waals surface area contributed by atoms with Crippen LogP contribution in [0.15, 0.2) is 28.9 Å². The van der Waals surface area contributed by atoms with Gasteiger partial charge in [0, 0.05) is 16.4 Å². The zero-order valence-electron chi connectivity index (χ0n) is 10.7. The van der Waals surface area contributed by atoms with Crippen molar-refractivity contribution in [2.45, 2.75) is 26.2 Å². The van der Waals surface area contributed by atoms with Gasteiger partial charge in [-0.15, -0.1) is 0 Å². The summed E-state index contributed by atoms with van der Waals surface area (Å²) >= 11 is 3.73. The van der Waals surface area contributed by atoms with Crippen molar-refractivity contribution in [1.29, 1.82) is 0 Å². The number of hydrogen-bond acceptors (Lipinski definition) is 1. The first-order valence-corrected chi connectivity index (χ1v) is 7.51. The van der Waals surface area contributed by atoms with Crippen LogP contribution in [0.25, 0.3) is 5.52 Å². The average molecular weight is 307 g/mol. The van der Waals surface area contributed by atoms with Crippen molar-refractivity contribution < 1.29 is 0 Å². The molecule has 3 heteroatoms.